The van der Waals surface area contributed by atoms with E-state index in [0.717, 1.165) is 25.3 Å². The third-order valence-corrected chi connectivity index (χ3v) is 3.42. The quantitative estimate of drug-likeness (QED) is 0.818. The molecular formula is C14H22N2O. The van der Waals surface area contributed by atoms with Crippen LogP contribution >= 0.6 is 0 Å². The highest BCUT2D eigenvalue weighted by atomic mass is 16.5. The number of benzene rings is 1. The highest BCUT2D eigenvalue weighted by Gasteiger charge is 2.20. The van der Waals surface area contributed by atoms with Crippen molar-refractivity contribution in [3.63, 3.8) is 0 Å². The molecule has 0 aliphatic carbocycles. The lowest BCUT2D eigenvalue weighted by Gasteiger charge is -2.23. The molecule has 0 aromatic heterocycles. The monoisotopic (exact) mass is 234 g/mol. The first-order chi connectivity index (χ1) is 8.35. The van der Waals surface area contributed by atoms with Crippen molar-refractivity contribution < 1.29 is 4.74 Å². The number of rotatable bonds is 5. The number of nitrogens with one attached hydrogen (secondary N) is 2. The van der Waals surface area contributed by atoms with Crippen LogP contribution < -0.4 is 15.4 Å². The van der Waals surface area contributed by atoms with Crippen molar-refractivity contribution in [3.8, 4) is 5.75 Å². The molecule has 2 N–H and O–H groups in total. The molecule has 0 amide bonds. The maximum Gasteiger partial charge on any atom is 0.123 e. The van der Waals surface area contributed by atoms with Crippen molar-refractivity contribution in [2.45, 2.75) is 31.8 Å². The van der Waals surface area contributed by atoms with Gasteiger partial charge in [-0.05, 0) is 25.5 Å². The average molecular weight is 234 g/mol. The molecule has 94 valence electrons. The molecular weight excluding hydrogens is 212 g/mol. The van der Waals surface area contributed by atoms with Crippen LogP contribution in [0.1, 0.15) is 31.4 Å². The molecule has 1 aromatic carbocycles. The molecule has 0 bridgehead atoms. The van der Waals surface area contributed by atoms with Gasteiger partial charge in [0, 0.05) is 24.2 Å². The van der Waals surface area contributed by atoms with Gasteiger partial charge in [0.05, 0.1) is 7.11 Å². The maximum atomic E-state index is 5.44. The first-order valence-electron chi connectivity index (χ1n) is 6.44. The van der Waals surface area contributed by atoms with E-state index in [0.29, 0.717) is 12.1 Å². The molecule has 1 fully saturated rings. The lowest BCUT2D eigenvalue weighted by atomic mass is 10.0. The standard InChI is InChI=1S/C14H22N2O/c1-3-13(16-11-8-9-15-10-11)12-6-4-5-7-14(12)17-2/h4-7,11,13,15-16H,3,8-10H2,1-2H3. The van der Waals surface area contributed by atoms with Crippen molar-refractivity contribution in [2.75, 3.05) is 20.2 Å². The van der Waals surface area contributed by atoms with Crippen LogP contribution in [0.3, 0.4) is 0 Å². The predicted octanol–water partition coefficient (Wildman–Crippen LogP) is 2.10. The minimum atomic E-state index is 0.385. The Kier molecular flexibility index (Phi) is 4.40. The van der Waals surface area contributed by atoms with E-state index >= 15 is 0 Å². The normalized spacial score (nSPS) is 21.4. The molecule has 1 aliphatic heterocycles. The van der Waals surface area contributed by atoms with Crippen LogP contribution in [0.4, 0.5) is 0 Å². The summed E-state index contributed by atoms with van der Waals surface area (Å²) in [6.45, 7) is 4.41. The fourth-order valence-electron chi connectivity index (χ4n) is 2.46. The largest absolute Gasteiger partial charge is 0.496 e. The van der Waals surface area contributed by atoms with Crippen molar-refractivity contribution in [1.82, 2.24) is 10.6 Å². The Morgan fingerprint density at radius 2 is 2.29 bits per heavy atom. The Morgan fingerprint density at radius 3 is 2.94 bits per heavy atom. The smallest absolute Gasteiger partial charge is 0.123 e. The molecule has 3 heteroatoms. The van der Waals surface area contributed by atoms with Gasteiger partial charge in [-0.3, -0.25) is 0 Å². The van der Waals surface area contributed by atoms with Gasteiger partial charge in [0.1, 0.15) is 5.75 Å². The first kappa shape index (κ1) is 12.4. The number of hydrogen-bond acceptors (Lipinski definition) is 3. The van der Waals surface area contributed by atoms with Gasteiger partial charge < -0.3 is 15.4 Å². The molecule has 0 spiro atoms. The Bertz CT molecular complexity index is 348. The van der Waals surface area contributed by atoms with E-state index in [-0.39, 0.29) is 0 Å². The van der Waals surface area contributed by atoms with Gasteiger partial charge in [-0.25, -0.2) is 0 Å². The lowest BCUT2D eigenvalue weighted by molar-refractivity contribution is 0.386. The van der Waals surface area contributed by atoms with E-state index in [4.69, 9.17) is 4.74 Å². The predicted molar refractivity (Wildman–Crippen MR) is 70.4 cm³/mol. The summed E-state index contributed by atoms with van der Waals surface area (Å²) < 4.78 is 5.44. The molecule has 0 radical (unpaired) electrons. The van der Waals surface area contributed by atoms with E-state index in [1.807, 2.05) is 12.1 Å². The average Bonchev–Trinajstić information content (AvgIpc) is 2.89. The summed E-state index contributed by atoms with van der Waals surface area (Å²) in [7, 11) is 1.74. The maximum absolute atomic E-state index is 5.44. The fourth-order valence-corrected chi connectivity index (χ4v) is 2.46. The molecule has 17 heavy (non-hydrogen) atoms. The van der Waals surface area contributed by atoms with E-state index in [1.54, 1.807) is 7.11 Å². The van der Waals surface area contributed by atoms with Crippen molar-refractivity contribution in [1.29, 1.82) is 0 Å². The molecule has 2 atom stereocenters. The van der Waals surface area contributed by atoms with Crippen LogP contribution in [0.2, 0.25) is 0 Å². The summed E-state index contributed by atoms with van der Waals surface area (Å²) in [5.74, 6) is 0.984. The van der Waals surface area contributed by atoms with Crippen LogP contribution in [0.25, 0.3) is 0 Å². The van der Waals surface area contributed by atoms with Crippen molar-refractivity contribution in [2.24, 2.45) is 0 Å². The number of para-hydroxylation sites is 1. The third-order valence-electron chi connectivity index (χ3n) is 3.42. The molecule has 1 aromatic rings. The molecule has 2 unspecified atom stereocenters. The van der Waals surface area contributed by atoms with Gasteiger partial charge in [-0.15, -0.1) is 0 Å². The highest BCUT2D eigenvalue weighted by molar-refractivity contribution is 5.35. The van der Waals surface area contributed by atoms with Crippen molar-refractivity contribution in [3.05, 3.63) is 29.8 Å². The third kappa shape index (κ3) is 2.99. The first-order valence-corrected chi connectivity index (χ1v) is 6.44. The Labute approximate surface area is 104 Å². The zero-order chi connectivity index (χ0) is 12.1. The fraction of sp³-hybridized carbons (Fsp3) is 0.571. The van der Waals surface area contributed by atoms with Crippen LogP contribution in [-0.2, 0) is 0 Å². The second kappa shape index (κ2) is 6.03. The van der Waals surface area contributed by atoms with E-state index in [1.165, 1.54) is 12.0 Å². The van der Waals surface area contributed by atoms with Crippen LogP contribution in [0.15, 0.2) is 24.3 Å². The van der Waals surface area contributed by atoms with Gasteiger partial charge in [-0.1, -0.05) is 25.1 Å². The van der Waals surface area contributed by atoms with Crippen LogP contribution in [0, 0.1) is 0 Å². The minimum Gasteiger partial charge on any atom is -0.496 e. The summed E-state index contributed by atoms with van der Waals surface area (Å²) in [6, 6.07) is 9.26. The van der Waals surface area contributed by atoms with Crippen LogP contribution in [-0.4, -0.2) is 26.2 Å². The second-order valence-corrected chi connectivity index (χ2v) is 4.56. The molecule has 1 heterocycles. The molecule has 2 rings (SSSR count). The highest BCUT2D eigenvalue weighted by Crippen LogP contribution is 2.27. The van der Waals surface area contributed by atoms with Crippen molar-refractivity contribution >= 4 is 0 Å². The second-order valence-electron chi connectivity index (χ2n) is 4.56. The van der Waals surface area contributed by atoms with Gasteiger partial charge in [0.25, 0.3) is 0 Å². The SMILES string of the molecule is CCC(NC1CCNC1)c1ccccc1OC. The van der Waals surface area contributed by atoms with Gasteiger partial charge >= 0.3 is 0 Å². The lowest BCUT2D eigenvalue weighted by Crippen LogP contribution is -2.34. The summed E-state index contributed by atoms with van der Waals surface area (Å²) in [5, 5.41) is 7.10. The molecule has 1 saturated heterocycles. The van der Waals surface area contributed by atoms with E-state index in [2.05, 4.69) is 29.7 Å². The molecule has 1 aliphatic rings. The summed E-state index contributed by atoms with van der Waals surface area (Å²) in [5.41, 5.74) is 1.27. The number of hydrogen-bond donors (Lipinski definition) is 2. The van der Waals surface area contributed by atoms with Gasteiger partial charge in [0.2, 0.25) is 0 Å². The van der Waals surface area contributed by atoms with E-state index < -0.39 is 0 Å². The Balaban J connectivity index is 2.10. The summed E-state index contributed by atoms with van der Waals surface area (Å²) >= 11 is 0. The van der Waals surface area contributed by atoms with Gasteiger partial charge in [0.15, 0.2) is 0 Å². The summed E-state index contributed by atoms with van der Waals surface area (Å²) in [6.07, 6.45) is 2.29. The topological polar surface area (TPSA) is 33.3 Å². The molecule has 3 nitrogen and oxygen atoms in total. The number of ether oxygens (including phenoxy) is 1. The summed E-state index contributed by atoms with van der Waals surface area (Å²) in [4.78, 5) is 0. The molecule has 0 saturated carbocycles. The zero-order valence-corrected chi connectivity index (χ0v) is 10.7. The van der Waals surface area contributed by atoms with E-state index in [9.17, 15) is 0 Å². The Hall–Kier alpha value is -1.06. The van der Waals surface area contributed by atoms with Crippen LogP contribution in [0.5, 0.6) is 5.75 Å². The Morgan fingerprint density at radius 1 is 1.47 bits per heavy atom. The van der Waals surface area contributed by atoms with Gasteiger partial charge in [-0.2, -0.15) is 0 Å². The number of methoxy groups -OCH3 is 1. The zero-order valence-electron chi connectivity index (χ0n) is 10.7. The minimum absolute atomic E-state index is 0.385.